The van der Waals surface area contributed by atoms with E-state index in [4.69, 9.17) is 5.11 Å². The van der Waals surface area contributed by atoms with Crippen molar-refractivity contribution in [2.75, 3.05) is 24.8 Å². The molecule has 0 amide bonds. The van der Waals surface area contributed by atoms with Gasteiger partial charge in [0.25, 0.3) is 5.92 Å². The molecule has 0 fully saturated rings. The lowest BCUT2D eigenvalue weighted by atomic mass is 10.0. The Morgan fingerprint density at radius 1 is 1.27 bits per heavy atom. The van der Waals surface area contributed by atoms with Crippen molar-refractivity contribution < 1.29 is 22.8 Å². The van der Waals surface area contributed by atoms with Crippen molar-refractivity contribution in [2.45, 2.75) is 26.3 Å². The molecule has 1 aromatic carbocycles. The summed E-state index contributed by atoms with van der Waals surface area (Å²) in [6.07, 6.45) is 1.96. The molecule has 160 valence electrons. The van der Waals surface area contributed by atoms with Crippen molar-refractivity contribution in [2.24, 2.45) is 0 Å². The third-order valence-corrected chi connectivity index (χ3v) is 7.31. The van der Waals surface area contributed by atoms with E-state index in [1.165, 1.54) is 18.3 Å². The molecule has 10 heteroatoms. The topological polar surface area (TPSA) is 88.0 Å². The number of hydrogen-bond donors (Lipinski definition) is 2. The molecule has 1 unspecified atom stereocenters. The first-order chi connectivity index (χ1) is 14.1. The first kappa shape index (κ1) is 22.2. The van der Waals surface area contributed by atoms with Gasteiger partial charge in [0.2, 0.25) is 0 Å². The van der Waals surface area contributed by atoms with E-state index in [9.17, 15) is 17.7 Å². The van der Waals surface area contributed by atoms with Gasteiger partial charge in [-0.05, 0) is 25.7 Å². The Kier molecular flexibility index (Phi) is 6.15. The van der Waals surface area contributed by atoms with Gasteiger partial charge in [-0.2, -0.15) is 8.78 Å². The van der Waals surface area contributed by atoms with E-state index in [2.05, 4.69) is 20.3 Å². The van der Waals surface area contributed by atoms with E-state index >= 15 is 0 Å². The number of pyridine rings is 1. The highest BCUT2D eigenvalue weighted by Crippen LogP contribution is 2.39. The summed E-state index contributed by atoms with van der Waals surface area (Å²) in [5.74, 6) is -3.97. The van der Waals surface area contributed by atoms with Gasteiger partial charge in [0.15, 0.2) is 0 Å². The standard InChI is InChI=1S/C20H22F3N4O2P/c1-4-30(3,29)17-8-14-16(10-24-17)26-12(2)27-19(14)25-9-13-6-5-7-15(18(13)21)20(22,23)11-28/h5-8,10,28H,4,9,11H2,1-3H3,(H,25,26,27). The highest BCUT2D eigenvalue weighted by Gasteiger charge is 2.34. The van der Waals surface area contributed by atoms with Gasteiger partial charge in [0, 0.05) is 23.7 Å². The summed E-state index contributed by atoms with van der Waals surface area (Å²) in [6.45, 7) is 3.53. The maximum Gasteiger partial charge on any atom is 0.298 e. The number of rotatable bonds is 7. The summed E-state index contributed by atoms with van der Waals surface area (Å²) in [4.78, 5) is 12.9. The molecule has 6 nitrogen and oxygen atoms in total. The first-order valence-electron chi connectivity index (χ1n) is 9.31. The maximum atomic E-state index is 14.6. The number of fused-ring (bicyclic) bond motifs is 1. The Balaban J connectivity index is 2.00. The predicted octanol–water partition coefficient (Wildman–Crippen LogP) is 3.81. The Labute approximate surface area is 172 Å². The smallest absolute Gasteiger partial charge is 0.298 e. The molecule has 1 atom stereocenters. The molecule has 0 saturated carbocycles. The first-order valence-corrected chi connectivity index (χ1v) is 11.6. The SMILES string of the molecule is CCP(C)(=O)c1cc2c(NCc3cccc(C(F)(F)CO)c3F)nc(C)nc2cn1. The van der Waals surface area contributed by atoms with Crippen molar-refractivity contribution in [3.05, 3.63) is 53.2 Å². The second kappa shape index (κ2) is 8.32. The van der Waals surface area contributed by atoms with E-state index in [-0.39, 0.29) is 12.1 Å². The van der Waals surface area contributed by atoms with E-state index in [1.807, 2.05) is 6.92 Å². The predicted molar refractivity (Wildman–Crippen MR) is 110 cm³/mol. The third kappa shape index (κ3) is 4.32. The van der Waals surface area contributed by atoms with Crippen LogP contribution in [-0.4, -0.2) is 39.5 Å². The van der Waals surface area contributed by atoms with Gasteiger partial charge in [-0.25, -0.2) is 14.4 Å². The quantitative estimate of drug-likeness (QED) is 0.546. The summed E-state index contributed by atoms with van der Waals surface area (Å²) >= 11 is 0. The molecular weight excluding hydrogens is 416 g/mol. The van der Waals surface area contributed by atoms with Crippen LogP contribution >= 0.6 is 7.14 Å². The molecule has 30 heavy (non-hydrogen) atoms. The lowest BCUT2D eigenvalue weighted by Crippen LogP contribution is -2.21. The summed E-state index contributed by atoms with van der Waals surface area (Å²) < 4.78 is 54.9. The zero-order chi connectivity index (χ0) is 22.1. The van der Waals surface area contributed by atoms with Crippen LogP contribution in [0.3, 0.4) is 0 Å². The number of aryl methyl sites for hydroxylation is 1. The van der Waals surface area contributed by atoms with Crippen molar-refractivity contribution in [1.29, 1.82) is 0 Å². The molecule has 0 saturated heterocycles. The number of alkyl halides is 2. The lowest BCUT2D eigenvalue weighted by Gasteiger charge is -2.17. The zero-order valence-corrected chi connectivity index (χ0v) is 17.7. The summed E-state index contributed by atoms with van der Waals surface area (Å²) in [6, 6.07) is 5.27. The van der Waals surface area contributed by atoms with Gasteiger partial charge >= 0.3 is 0 Å². The molecule has 2 aromatic heterocycles. The van der Waals surface area contributed by atoms with Gasteiger partial charge < -0.3 is 15.0 Å². The van der Waals surface area contributed by atoms with Crippen LogP contribution in [0.5, 0.6) is 0 Å². The van der Waals surface area contributed by atoms with Gasteiger partial charge in [0.1, 0.15) is 36.6 Å². The fourth-order valence-electron chi connectivity index (χ4n) is 2.96. The number of aromatic nitrogens is 3. The number of hydrogen-bond acceptors (Lipinski definition) is 6. The zero-order valence-electron chi connectivity index (χ0n) is 16.8. The monoisotopic (exact) mass is 438 g/mol. The molecule has 3 aromatic rings. The largest absolute Gasteiger partial charge is 0.390 e. The van der Waals surface area contributed by atoms with Crippen molar-refractivity contribution in [3.8, 4) is 0 Å². The summed E-state index contributed by atoms with van der Waals surface area (Å²) in [5, 5.41) is 12.4. The molecular formula is C20H22F3N4O2P. The van der Waals surface area contributed by atoms with E-state index < -0.39 is 31.1 Å². The van der Waals surface area contributed by atoms with Gasteiger partial charge in [-0.1, -0.05) is 19.1 Å². The number of aliphatic hydroxyl groups excluding tert-OH is 1. The Bertz CT molecular complexity index is 1140. The Hall–Kier alpha value is -2.51. The number of aliphatic hydroxyl groups is 1. The molecule has 0 aliphatic heterocycles. The van der Waals surface area contributed by atoms with E-state index in [0.29, 0.717) is 34.1 Å². The minimum absolute atomic E-state index is 0.00552. The molecule has 3 rings (SSSR count). The molecule has 0 aliphatic rings. The Morgan fingerprint density at radius 2 is 2.00 bits per heavy atom. The highest BCUT2D eigenvalue weighted by molar-refractivity contribution is 7.70. The molecule has 0 radical (unpaired) electrons. The average molecular weight is 438 g/mol. The number of nitrogens with zero attached hydrogens (tertiary/aromatic N) is 3. The second-order valence-electron chi connectivity index (χ2n) is 7.09. The van der Waals surface area contributed by atoms with Crippen LogP contribution in [0.4, 0.5) is 19.0 Å². The van der Waals surface area contributed by atoms with Crippen LogP contribution in [0.1, 0.15) is 23.9 Å². The van der Waals surface area contributed by atoms with Crippen molar-refractivity contribution >= 4 is 29.3 Å². The lowest BCUT2D eigenvalue weighted by molar-refractivity contribution is -0.0583. The summed E-state index contributed by atoms with van der Waals surface area (Å²) in [5.41, 5.74) is 0.0816. The number of halogens is 3. The molecule has 2 heterocycles. The van der Waals surface area contributed by atoms with Crippen LogP contribution in [-0.2, 0) is 17.0 Å². The minimum atomic E-state index is -3.68. The van der Waals surface area contributed by atoms with Crippen LogP contribution in [0.15, 0.2) is 30.5 Å². The summed E-state index contributed by atoms with van der Waals surface area (Å²) in [7, 11) is -2.64. The van der Waals surface area contributed by atoms with Crippen LogP contribution in [0.25, 0.3) is 10.9 Å². The van der Waals surface area contributed by atoms with Crippen molar-refractivity contribution in [3.63, 3.8) is 0 Å². The minimum Gasteiger partial charge on any atom is -0.390 e. The molecule has 0 bridgehead atoms. The highest BCUT2D eigenvalue weighted by atomic mass is 31.2. The van der Waals surface area contributed by atoms with Crippen LogP contribution < -0.4 is 10.8 Å². The fourth-order valence-corrected chi connectivity index (χ4v) is 3.98. The second-order valence-corrected chi connectivity index (χ2v) is 10.4. The number of nitrogens with one attached hydrogen (secondary N) is 1. The Morgan fingerprint density at radius 3 is 2.67 bits per heavy atom. The molecule has 0 aliphatic carbocycles. The van der Waals surface area contributed by atoms with Gasteiger partial charge in [-0.15, -0.1) is 0 Å². The number of benzene rings is 1. The normalized spacial score (nSPS) is 14.0. The van der Waals surface area contributed by atoms with Crippen LogP contribution in [0, 0.1) is 12.7 Å². The van der Waals surface area contributed by atoms with E-state index in [1.54, 1.807) is 19.7 Å². The van der Waals surface area contributed by atoms with Gasteiger partial charge in [0.05, 0.1) is 17.3 Å². The molecule has 0 spiro atoms. The molecule has 2 N–H and O–H groups in total. The maximum absolute atomic E-state index is 14.6. The third-order valence-electron chi connectivity index (χ3n) is 4.89. The fraction of sp³-hybridized carbons (Fsp3) is 0.350. The average Bonchev–Trinajstić information content (AvgIpc) is 2.72. The van der Waals surface area contributed by atoms with E-state index in [0.717, 1.165) is 6.07 Å². The van der Waals surface area contributed by atoms with Gasteiger partial charge in [-0.3, -0.25) is 4.98 Å². The van der Waals surface area contributed by atoms with Crippen LogP contribution in [0.2, 0.25) is 0 Å². The van der Waals surface area contributed by atoms with Crippen molar-refractivity contribution in [1.82, 2.24) is 15.0 Å². The number of anilines is 1.